The maximum Gasteiger partial charge on any atom is 0.239 e. The second-order valence-electron chi connectivity index (χ2n) is 4.65. The standard InChI is InChI=1S/C13H16Cl2N2O/c14-8-5-6-11(15)10(7-8)12(13(16)18)17-9-3-1-2-4-9/h5-7,9,12,17H,1-4H2,(H2,16,18). The number of nitrogens with one attached hydrogen (secondary N) is 1. The molecule has 1 saturated carbocycles. The van der Waals surface area contributed by atoms with Crippen LogP contribution in [0.4, 0.5) is 0 Å². The van der Waals surface area contributed by atoms with E-state index in [1.807, 2.05) is 0 Å². The molecule has 0 spiro atoms. The lowest BCUT2D eigenvalue weighted by atomic mass is 10.0. The van der Waals surface area contributed by atoms with E-state index in [2.05, 4.69) is 5.32 Å². The third-order valence-electron chi connectivity index (χ3n) is 3.31. The molecule has 5 heteroatoms. The number of carbonyl (C=O) groups excluding carboxylic acids is 1. The zero-order valence-electron chi connectivity index (χ0n) is 9.96. The van der Waals surface area contributed by atoms with Gasteiger partial charge in [0.2, 0.25) is 5.91 Å². The third kappa shape index (κ3) is 3.16. The minimum atomic E-state index is -0.570. The van der Waals surface area contributed by atoms with Gasteiger partial charge in [0.15, 0.2) is 0 Å². The molecule has 0 bridgehead atoms. The van der Waals surface area contributed by atoms with E-state index in [4.69, 9.17) is 28.9 Å². The molecule has 1 atom stereocenters. The summed E-state index contributed by atoms with van der Waals surface area (Å²) in [5.74, 6) is -0.425. The number of rotatable bonds is 4. The van der Waals surface area contributed by atoms with Gasteiger partial charge in [-0.1, -0.05) is 36.0 Å². The number of primary amides is 1. The summed E-state index contributed by atoms with van der Waals surface area (Å²) in [4.78, 5) is 11.6. The highest BCUT2D eigenvalue weighted by Gasteiger charge is 2.25. The second-order valence-corrected chi connectivity index (χ2v) is 5.49. The number of hydrogen-bond acceptors (Lipinski definition) is 2. The number of hydrogen-bond donors (Lipinski definition) is 2. The van der Waals surface area contributed by atoms with Gasteiger partial charge in [-0.15, -0.1) is 0 Å². The summed E-state index contributed by atoms with van der Waals surface area (Å²) in [6.45, 7) is 0. The fraction of sp³-hybridized carbons (Fsp3) is 0.462. The van der Waals surface area contributed by atoms with Gasteiger partial charge in [0, 0.05) is 16.1 Å². The molecule has 0 aromatic heterocycles. The molecule has 98 valence electrons. The Balaban J connectivity index is 2.23. The smallest absolute Gasteiger partial charge is 0.239 e. The van der Waals surface area contributed by atoms with Crippen LogP contribution in [0.15, 0.2) is 18.2 Å². The average Bonchev–Trinajstić information content (AvgIpc) is 2.82. The van der Waals surface area contributed by atoms with Crippen LogP contribution in [0.3, 0.4) is 0 Å². The molecule has 3 nitrogen and oxygen atoms in total. The first-order valence-corrected chi connectivity index (χ1v) is 6.84. The number of nitrogens with two attached hydrogens (primary N) is 1. The Morgan fingerprint density at radius 2 is 2.00 bits per heavy atom. The molecule has 3 N–H and O–H groups in total. The van der Waals surface area contributed by atoms with Gasteiger partial charge < -0.3 is 5.73 Å². The van der Waals surface area contributed by atoms with Gasteiger partial charge in [-0.05, 0) is 36.6 Å². The molecule has 1 aromatic rings. The summed E-state index contributed by atoms with van der Waals surface area (Å²) < 4.78 is 0. The molecule has 1 aromatic carbocycles. The van der Waals surface area contributed by atoms with Crippen molar-refractivity contribution < 1.29 is 4.79 Å². The molecule has 1 aliphatic rings. The lowest BCUT2D eigenvalue weighted by molar-refractivity contribution is -0.120. The molecule has 2 rings (SSSR count). The Labute approximate surface area is 117 Å². The Morgan fingerprint density at radius 1 is 1.33 bits per heavy atom. The number of halogens is 2. The van der Waals surface area contributed by atoms with Crippen LogP contribution < -0.4 is 11.1 Å². The molecule has 0 aliphatic heterocycles. The summed E-state index contributed by atoms with van der Waals surface area (Å²) in [6.07, 6.45) is 4.52. The van der Waals surface area contributed by atoms with Crippen molar-refractivity contribution in [2.75, 3.05) is 0 Å². The largest absolute Gasteiger partial charge is 0.368 e. The molecule has 1 aliphatic carbocycles. The van der Waals surface area contributed by atoms with Gasteiger partial charge in [0.05, 0.1) is 0 Å². The molecule has 0 saturated heterocycles. The average molecular weight is 287 g/mol. The quantitative estimate of drug-likeness (QED) is 0.894. The highest BCUT2D eigenvalue weighted by atomic mass is 35.5. The minimum Gasteiger partial charge on any atom is -0.368 e. The van der Waals surface area contributed by atoms with Crippen LogP contribution in [0, 0.1) is 0 Å². The maximum absolute atomic E-state index is 11.6. The van der Waals surface area contributed by atoms with Crippen molar-refractivity contribution >= 4 is 29.1 Å². The lowest BCUT2D eigenvalue weighted by Gasteiger charge is -2.21. The van der Waals surface area contributed by atoms with Crippen molar-refractivity contribution in [3.8, 4) is 0 Å². The Bertz CT molecular complexity index is 445. The van der Waals surface area contributed by atoms with E-state index >= 15 is 0 Å². The van der Waals surface area contributed by atoms with Crippen molar-refractivity contribution in [1.82, 2.24) is 5.32 Å². The zero-order chi connectivity index (χ0) is 13.1. The fourth-order valence-corrected chi connectivity index (χ4v) is 2.80. The van der Waals surface area contributed by atoms with Gasteiger partial charge in [-0.3, -0.25) is 10.1 Å². The predicted octanol–water partition coefficient (Wildman–Crippen LogP) is 3.05. The van der Waals surface area contributed by atoms with Crippen LogP contribution in [0.25, 0.3) is 0 Å². The summed E-state index contributed by atoms with van der Waals surface area (Å²) in [5.41, 5.74) is 6.12. The van der Waals surface area contributed by atoms with Crippen LogP contribution in [-0.4, -0.2) is 11.9 Å². The normalized spacial score (nSPS) is 17.9. The lowest BCUT2D eigenvalue weighted by Crippen LogP contribution is -2.39. The van der Waals surface area contributed by atoms with Crippen LogP contribution in [-0.2, 0) is 4.79 Å². The number of benzene rings is 1. The summed E-state index contributed by atoms with van der Waals surface area (Å²) >= 11 is 12.1. The van der Waals surface area contributed by atoms with E-state index in [0.717, 1.165) is 12.8 Å². The molecular formula is C13H16Cl2N2O. The predicted molar refractivity (Wildman–Crippen MR) is 73.8 cm³/mol. The summed E-state index contributed by atoms with van der Waals surface area (Å²) in [7, 11) is 0. The first-order valence-electron chi connectivity index (χ1n) is 6.08. The van der Waals surface area contributed by atoms with E-state index in [9.17, 15) is 4.79 Å². The van der Waals surface area contributed by atoms with E-state index in [-0.39, 0.29) is 0 Å². The summed E-state index contributed by atoms with van der Waals surface area (Å²) in [6, 6.07) is 4.84. The van der Waals surface area contributed by atoms with Gasteiger partial charge in [-0.2, -0.15) is 0 Å². The van der Waals surface area contributed by atoms with Crippen molar-refractivity contribution in [2.45, 2.75) is 37.8 Å². The Morgan fingerprint density at radius 3 is 2.61 bits per heavy atom. The number of amides is 1. The van der Waals surface area contributed by atoms with Crippen LogP contribution >= 0.6 is 23.2 Å². The zero-order valence-corrected chi connectivity index (χ0v) is 11.5. The van der Waals surface area contributed by atoms with Gasteiger partial charge in [0.25, 0.3) is 0 Å². The fourth-order valence-electron chi connectivity index (χ4n) is 2.39. The van der Waals surface area contributed by atoms with Crippen LogP contribution in [0.5, 0.6) is 0 Å². The van der Waals surface area contributed by atoms with Crippen LogP contribution in [0.2, 0.25) is 10.0 Å². The molecule has 18 heavy (non-hydrogen) atoms. The van der Waals surface area contributed by atoms with E-state index in [1.165, 1.54) is 12.8 Å². The second kappa shape index (κ2) is 5.91. The first kappa shape index (κ1) is 13.7. The van der Waals surface area contributed by atoms with Crippen LogP contribution in [0.1, 0.15) is 37.3 Å². The SMILES string of the molecule is NC(=O)C(NC1CCCC1)c1cc(Cl)ccc1Cl. The molecular weight excluding hydrogens is 271 g/mol. The molecule has 1 unspecified atom stereocenters. The topological polar surface area (TPSA) is 55.1 Å². The highest BCUT2D eigenvalue weighted by molar-refractivity contribution is 6.33. The van der Waals surface area contributed by atoms with Crippen molar-refractivity contribution in [3.05, 3.63) is 33.8 Å². The van der Waals surface area contributed by atoms with Crippen molar-refractivity contribution in [1.29, 1.82) is 0 Å². The van der Waals surface area contributed by atoms with E-state index in [0.29, 0.717) is 21.7 Å². The van der Waals surface area contributed by atoms with E-state index in [1.54, 1.807) is 18.2 Å². The monoisotopic (exact) mass is 286 g/mol. The van der Waals surface area contributed by atoms with E-state index < -0.39 is 11.9 Å². The van der Waals surface area contributed by atoms with Crippen molar-refractivity contribution in [3.63, 3.8) is 0 Å². The Kier molecular flexibility index (Phi) is 4.49. The highest BCUT2D eigenvalue weighted by Crippen LogP contribution is 2.28. The molecule has 0 heterocycles. The third-order valence-corrected chi connectivity index (χ3v) is 3.89. The first-order chi connectivity index (χ1) is 8.58. The van der Waals surface area contributed by atoms with Gasteiger partial charge in [0.1, 0.15) is 6.04 Å². The molecule has 1 amide bonds. The minimum absolute atomic E-state index is 0.331. The molecule has 0 radical (unpaired) electrons. The Hall–Kier alpha value is -0.770. The number of carbonyl (C=O) groups is 1. The van der Waals surface area contributed by atoms with Crippen molar-refractivity contribution in [2.24, 2.45) is 5.73 Å². The van der Waals surface area contributed by atoms with Gasteiger partial charge >= 0.3 is 0 Å². The molecule has 1 fully saturated rings. The maximum atomic E-state index is 11.6. The summed E-state index contributed by atoms with van der Waals surface area (Å²) in [5, 5.41) is 4.34. The van der Waals surface area contributed by atoms with Gasteiger partial charge in [-0.25, -0.2) is 0 Å².